The number of fused-ring (bicyclic) bond motifs is 1. The van der Waals surface area contributed by atoms with E-state index in [1.807, 2.05) is 43.3 Å². The van der Waals surface area contributed by atoms with E-state index in [4.69, 9.17) is 10.5 Å². The Morgan fingerprint density at radius 1 is 1.37 bits per heavy atom. The number of ether oxygens (including phenoxy) is 1. The SMILES string of the molecule is Cc1cc2ccc(OCc3ccccn3)cn2c1C(O)NC(CO)C(N)=O. The van der Waals surface area contributed by atoms with Crippen LogP contribution in [0.25, 0.3) is 5.52 Å². The highest BCUT2D eigenvalue weighted by Gasteiger charge is 2.22. The second kappa shape index (κ2) is 8.17. The summed E-state index contributed by atoms with van der Waals surface area (Å²) in [5, 5.41) is 22.4. The third-order valence-corrected chi connectivity index (χ3v) is 4.24. The molecule has 0 saturated carbocycles. The Labute approximate surface area is 156 Å². The van der Waals surface area contributed by atoms with E-state index < -0.39 is 24.8 Å². The first kappa shape index (κ1) is 18.8. The summed E-state index contributed by atoms with van der Waals surface area (Å²) in [6.45, 7) is 1.66. The molecule has 2 atom stereocenters. The number of nitrogens with two attached hydrogens (primary N) is 1. The van der Waals surface area contributed by atoms with Crippen LogP contribution in [0.3, 0.4) is 0 Å². The molecule has 3 aromatic rings. The predicted molar refractivity (Wildman–Crippen MR) is 98.9 cm³/mol. The van der Waals surface area contributed by atoms with Gasteiger partial charge in [0.15, 0.2) is 0 Å². The zero-order valence-electron chi connectivity index (χ0n) is 14.9. The Bertz CT molecular complexity index is 926. The minimum Gasteiger partial charge on any atom is -0.486 e. The standard InChI is InChI=1S/C19H22N4O4/c1-12-8-14-5-6-15(27-11-13-4-2-3-7-21-13)9-23(14)17(12)19(26)22-16(10-24)18(20)25/h2-9,16,19,22,24,26H,10-11H2,1H3,(H2,20,25). The van der Waals surface area contributed by atoms with Crippen LogP contribution in [0.2, 0.25) is 0 Å². The fourth-order valence-electron chi connectivity index (χ4n) is 2.87. The molecule has 3 aromatic heterocycles. The maximum atomic E-state index is 11.3. The van der Waals surface area contributed by atoms with Crippen molar-refractivity contribution in [3.63, 3.8) is 0 Å². The number of aromatic nitrogens is 2. The Morgan fingerprint density at radius 2 is 2.19 bits per heavy atom. The van der Waals surface area contributed by atoms with E-state index in [2.05, 4.69) is 10.3 Å². The van der Waals surface area contributed by atoms with E-state index in [0.29, 0.717) is 18.1 Å². The highest BCUT2D eigenvalue weighted by molar-refractivity contribution is 5.80. The topological polar surface area (TPSA) is 122 Å². The molecule has 0 aliphatic heterocycles. The van der Waals surface area contributed by atoms with E-state index in [1.165, 1.54) is 0 Å². The second-order valence-corrected chi connectivity index (χ2v) is 6.19. The minimum atomic E-state index is -1.19. The van der Waals surface area contributed by atoms with E-state index in [-0.39, 0.29) is 0 Å². The molecule has 0 aliphatic rings. The largest absolute Gasteiger partial charge is 0.486 e. The average Bonchev–Trinajstić information content (AvgIpc) is 3.00. The summed E-state index contributed by atoms with van der Waals surface area (Å²) in [6.07, 6.45) is 2.26. The molecule has 0 aromatic carbocycles. The van der Waals surface area contributed by atoms with Gasteiger partial charge in [-0.15, -0.1) is 0 Å². The van der Waals surface area contributed by atoms with Crippen molar-refractivity contribution in [1.29, 1.82) is 0 Å². The average molecular weight is 370 g/mol. The zero-order chi connectivity index (χ0) is 19.4. The summed E-state index contributed by atoms with van der Waals surface area (Å²) in [6, 6.07) is 10.2. The molecule has 27 heavy (non-hydrogen) atoms. The number of aliphatic hydroxyl groups excluding tert-OH is 2. The molecule has 0 aliphatic carbocycles. The molecular formula is C19H22N4O4. The summed E-state index contributed by atoms with van der Waals surface area (Å²) in [5.74, 6) is -0.139. The Morgan fingerprint density at radius 3 is 2.85 bits per heavy atom. The number of carbonyl (C=O) groups is 1. The van der Waals surface area contributed by atoms with Gasteiger partial charge in [-0.2, -0.15) is 0 Å². The monoisotopic (exact) mass is 370 g/mol. The van der Waals surface area contributed by atoms with Gasteiger partial charge in [-0.25, -0.2) is 0 Å². The zero-order valence-corrected chi connectivity index (χ0v) is 14.9. The van der Waals surface area contributed by atoms with Crippen LogP contribution < -0.4 is 15.8 Å². The number of aryl methyl sites for hydroxylation is 1. The van der Waals surface area contributed by atoms with E-state index >= 15 is 0 Å². The molecule has 0 radical (unpaired) electrons. The summed E-state index contributed by atoms with van der Waals surface area (Å²) in [7, 11) is 0. The van der Waals surface area contributed by atoms with Gasteiger partial charge in [0.2, 0.25) is 5.91 Å². The van der Waals surface area contributed by atoms with Crippen molar-refractivity contribution < 1.29 is 19.7 Å². The fourth-order valence-corrected chi connectivity index (χ4v) is 2.87. The molecule has 0 saturated heterocycles. The third-order valence-electron chi connectivity index (χ3n) is 4.24. The van der Waals surface area contributed by atoms with Crippen LogP contribution in [0, 0.1) is 6.92 Å². The Hall–Kier alpha value is -2.94. The van der Waals surface area contributed by atoms with Gasteiger partial charge in [-0.3, -0.25) is 15.1 Å². The van der Waals surface area contributed by atoms with Gasteiger partial charge in [-0.05, 0) is 42.8 Å². The fraction of sp³-hybridized carbons (Fsp3) is 0.263. The predicted octanol–water partition coefficient (Wildman–Crippen LogP) is 0.648. The Balaban J connectivity index is 1.84. The number of nitrogens with zero attached hydrogens (tertiary/aromatic N) is 2. The van der Waals surface area contributed by atoms with Crippen molar-refractivity contribution in [3.05, 3.63) is 65.7 Å². The lowest BCUT2D eigenvalue weighted by atomic mass is 10.2. The van der Waals surface area contributed by atoms with Crippen molar-refractivity contribution in [1.82, 2.24) is 14.7 Å². The second-order valence-electron chi connectivity index (χ2n) is 6.19. The van der Waals surface area contributed by atoms with E-state index in [0.717, 1.165) is 16.8 Å². The molecule has 0 fully saturated rings. The lowest BCUT2D eigenvalue weighted by molar-refractivity contribution is -0.122. The molecule has 5 N–H and O–H groups in total. The normalized spacial score (nSPS) is 13.4. The maximum Gasteiger partial charge on any atom is 0.237 e. The maximum absolute atomic E-state index is 11.3. The van der Waals surface area contributed by atoms with Crippen LogP contribution in [0.15, 0.2) is 48.8 Å². The highest BCUT2D eigenvalue weighted by Crippen LogP contribution is 2.24. The van der Waals surface area contributed by atoms with E-state index in [1.54, 1.807) is 16.8 Å². The van der Waals surface area contributed by atoms with Crippen molar-refractivity contribution in [2.75, 3.05) is 6.61 Å². The molecule has 142 valence electrons. The molecule has 1 amide bonds. The van der Waals surface area contributed by atoms with Gasteiger partial charge in [0, 0.05) is 11.7 Å². The van der Waals surface area contributed by atoms with Gasteiger partial charge in [0.1, 0.15) is 24.6 Å². The molecule has 0 bridgehead atoms. The van der Waals surface area contributed by atoms with Crippen molar-refractivity contribution >= 4 is 11.4 Å². The van der Waals surface area contributed by atoms with Crippen LogP contribution >= 0.6 is 0 Å². The highest BCUT2D eigenvalue weighted by atomic mass is 16.5. The molecular weight excluding hydrogens is 348 g/mol. The number of primary amides is 1. The summed E-state index contributed by atoms with van der Waals surface area (Å²) in [4.78, 5) is 15.5. The summed E-state index contributed by atoms with van der Waals surface area (Å²) >= 11 is 0. The molecule has 8 heteroatoms. The minimum absolute atomic E-state index is 0.316. The third kappa shape index (κ3) is 4.25. The van der Waals surface area contributed by atoms with Gasteiger partial charge in [-0.1, -0.05) is 6.07 Å². The number of carbonyl (C=O) groups excluding carboxylic acids is 1. The van der Waals surface area contributed by atoms with Crippen LogP contribution in [-0.4, -0.2) is 38.2 Å². The van der Waals surface area contributed by atoms with Gasteiger partial charge < -0.3 is 25.1 Å². The lowest BCUT2D eigenvalue weighted by Gasteiger charge is -2.19. The number of pyridine rings is 2. The molecule has 3 heterocycles. The smallest absolute Gasteiger partial charge is 0.237 e. The lowest BCUT2D eigenvalue weighted by Crippen LogP contribution is -2.45. The van der Waals surface area contributed by atoms with E-state index in [9.17, 15) is 15.0 Å². The van der Waals surface area contributed by atoms with Crippen molar-refractivity contribution in [3.8, 4) is 5.75 Å². The number of hydrogen-bond donors (Lipinski definition) is 4. The molecule has 8 nitrogen and oxygen atoms in total. The Kier molecular flexibility index (Phi) is 5.70. The van der Waals surface area contributed by atoms with Gasteiger partial charge >= 0.3 is 0 Å². The number of nitrogens with one attached hydrogen (secondary N) is 1. The molecule has 2 unspecified atom stereocenters. The number of amides is 1. The first-order valence-electron chi connectivity index (χ1n) is 8.48. The van der Waals surface area contributed by atoms with Crippen molar-refractivity contribution in [2.45, 2.75) is 25.8 Å². The molecule has 3 rings (SSSR count). The number of rotatable bonds is 8. The summed E-state index contributed by atoms with van der Waals surface area (Å²) < 4.78 is 7.56. The number of hydrogen-bond acceptors (Lipinski definition) is 6. The summed E-state index contributed by atoms with van der Waals surface area (Å²) in [5.41, 5.74) is 8.22. The first-order valence-corrected chi connectivity index (χ1v) is 8.48. The number of aliphatic hydroxyl groups is 2. The molecule has 0 spiro atoms. The van der Waals surface area contributed by atoms with Gasteiger partial charge in [0.25, 0.3) is 0 Å². The van der Waals surface area contributed by atoms with Crippen LogP contribution in [0.5, 0.6) is 5.75 Å². The van der Waals surface area contributed by atoms with Crippen LogP contribution in [-0.2, 0) is 11.4 Å². The van der Waals surface area contributed by atoms with Gasteiger partial charge in [0.05, 0.1) is 24.2 Å². The van der Waals surface area contributed by atoms with Crippen molar-refractivity contribution in [2.24, 2.45) is 5.73 Å². The first-order chi connectivity index (χ1) is 13.0. The van der Waals surface area contributed by atoms with Crippen LogP contribution in [0.4, 0.5) is 0 Å². The quantitative estimate of drug-likeness (QED) is 0.432. The van der Waals surface area contributed by atoms with Crippen LogP contribution in [0.1, 0.15) is 23.2 Å².